The summed E-state index contributed by atoms with van der Waals surface area (Å²) in [7, 11) is 1.55. The van der Waals surface area contributed by atoms with E-state index >= 15 is 0 Å². The Hall–Kier alpha value is -1.82. The maximum Gasteiger partial charge on any atom is 0.224 e. The van der Waals surface area contributed by atoms with Crippen molar-refractivity contribution in [2.75, 3.05) is 7.11 Å². The van der Waals surface area contributed by atoms with Crippen LogP contribution in [-0.4, -0.2) is 27.6 Å². The number of pyridine rings is 1. The highest BCUT2D eigenvalue weighted by Gasteiger charge is 2.29. The number of halogens is 1. The highest BCUT2D eigenvalue weighted by atomic mass is 35.5. The van der Waals surface area contributed by atoms with Crippen LogP contribution in [0.25, 0.3) is 11.2 Å². The van der Waals surface area contributed by atoms with Crippen molar-refractivity contribution in [3.8, 4) is 5.88 Å². The average Bonchev–Trinajstić information content (AvgIpc) is 2.76. The topological polar surface area (TPSA) is 83.0 Å². The van der Waals surface area contributed by atoms with E-state index in [1.165, 1.54) is 0 Å². The lowest BCUT2D eigenvalue weighted by atomic mass is 9.92. The average molecular weight is 311 g/mol. The van der Waals surface area contributed by atoms with Crippen molar-refractivity contribution in [2.45, 2.75) is 32.7 Å². The molecule has 2 aromatic rings. The summed E-state index contributed by atoms with van der Waals surface area (Å²) in [4.78, 5) is 20.5. The standard InChI is InChI=1S/C14H19ClN4O2/c1-8(15)11-17-9-5-6-10(21-4)18-12(9)19(11)7-14(2,3)13(16)20/h5-6,8H,7H2,1-4H3,(H2,16,20). The summed E-state index contributed by atoms with van der Waals surface area (Å²) >= 11 is 6.20. The first-order valence-corrected chi connectivity index (χ1v) is 7.05. The Bertz CT molecular complexity index is 679. The zero-order valence-corrected chi connectivity index (χ0v) is 13.3. The van der Waals surface area contributed by atoms with Gasteiger partial charge in [0.2, 0.25) is 11.8 Å². The van der Waals surface area contributed by atoms with E-state index in [1.54, 1.807) is 27.0 Å². The number of aromatic nitrogens is 3. The van der Waals surface area contributed by atoms with Crippen molar-refractivity contribution in [2.24, 2.45) is 11.1 Å². The summed E-state index contributed by atoms with van der Waals surface area (Å²) in [5.74, 6) is 0.747. The van der Waals surface area contributed by atoms with E-state index in [9.17, 15) is 4.79 Å². The van der Waals surface area contributed by atoms with Gasteiger partial charge >= 0.3 is 0 Å². The number of nitrogens with two attached hydrogens (primary N) is 1. The number of nitrogens with zero attached hydrogens (tertiary/aromatic N) is 3. The minimum Gasteiger partial charge on any atom is -0.481 e. The van der Waals surface area contributed by atoms with Gasteiger partial charge in [-0.05, 0) is 26.8 Å². The third-order valence-corrected chi connectivity index (χ3v) is 3.58. The Balaban J connectivity index is 2.62. The van der Waals surface area contributed by atoms with Crippen molar-refractivity contribution < 1.29 is 9.53 Å². The Labute approximate surface area is 128 Å². The minimum absolute atomic E-state index is 0.311. The molecule has 0 fully saturated rings. The molecule has 0 saturated heterocycles. The van der Waals surface area contributed by atoms with Gasteiger partial charge in [-0.25, -0.2) is 4.98 Å². The van der Waals surface area contributed by atoms with Crippen LogP contribution in [0, 0.1) is 5.41 Å². The molecule has 0 radical (unpaired) electrons. The number of methoxy groups -OCH3 is 1. The Morgan fingerprint density at radius 3 is 2.67 bits per heavy atom. The second kappa shape index (κ2) is 5.52. The van der Waals surface area contributed by atoms with E-state index in [0.29, 0.717) is 29.4 Å². The molecule has 0 aliphatic carbocycles. The van der Waals surface area contributed by atoms with Gasteiger partial charge in [-0.3, -0.25) is 4.79 Å². The van der Waals surface area contributed by atoms with Gasteiger partial charge in [0, 0.05) is 12.6 Å². The van der Waals surface area contributed by atoms with E-state index in [-0.39, 0.29) is 11.3 Å². The fraction of sp³-hybridized carbons (Fsp3) is 0.500. The predicted molar refractivity (Wildman–Crippen MR) is 81.3 cm³/mol. The van der Waals surface area contributed by atoms with Gasteiger partial charge in [0.25, 0.3) is 0 Å². The summed E-state index contributed by atoms with van der Waals surface area (Å²) in [6, 6.07) is 3.55. The van der Waals surface area contributed by atoms with Crippen LogP contribution in [0.5, 0.6) is 5.88 Å². The van der Waals surface area contributed by atoms with Crippen LogP contribution in [0.4, 0.5) is 0 Å². The Kier molecular flexibility index (Phi) is 4.09. The van der Waals surface area contributed by atoms with Gasteiger partial charge in [0.15, 0.2) is 5.65 Å². The lowest BCUT2D eigenvalue weighted by Crippen LogP contribution is -2.35. The number of imidazole rings is 1. The summed E-state index contributed by atoms with van der Waals surface area (Å²) < 4.78 is 6.98. The number of hydrogen-bond donors (Lipinski definition) is 1. The van der Waals surface area contributed by atoms with Crippen LogP contribution in [0.1, 0.15) is 32.0 Å². The summed E-state index contributed by atoms with van der Waals surface area (Å²) in [6.45, 7) is 5.74. The van der Waals surface area contributed by atoms with E-state index in [1.807, 2.05) is 17.6 Å². The first kappa shape index (κ1) is 15.6. The molecular formula is C14H19ClN4O2. The second-order valence-electron chi connectivity index (χ2n) is 5.62. The molecule has 2 N–H and O–H groups in total. The molecule has 1 amide bonds. The van der Waals surface area contributed by atoms with Crippen molar-refractivity contribution in [1.82, 2.24) is 14.5 Å². The highest BCUT2D eigenvalue weighted by Crippen LogP contribution is 2.28. The van der Waals surface area contributed by atoms with Crippen molar-refractivity contribution in [3.05, 3.63) is 18.0 Å². The molecule has 1 unspecified atom stereocenters. The molecule has 0 aliphatic heterocycles. The predicted octanol–water partition coefficient (Wildman–Crippen LogP) is 2.25. The Morgan fingerprint density at radius 1 is 1.48 bits per heavy atom. The van der Waals surface area contributed by atoms with Crippen LogP contribution in [-0.2, 0) is 11.3 Å². The molecule has 0 bridgehead atoms. The normalized spacial score (nSPS) is 13.4. The minimum atomic E-state index is -0.737. The SMILES string of the molecule is COc1ccc2nc(C(C)Cl)n(CC(C)(C)C(N)=O)c2n1. The zero-order chi connectivity index (χ0) is 15.8. The van der Waals surface area contributed by atoms with Crippen LogP contribution in [0.15, 0.2) is 12.1 Å². The van der Waals surface area contributed by atoms with Crippen LogP contribution in [0.2, 0.25) is 0 Å². The number of fused-ring (bicyclic) bond motifs is 1. The summed E-state index contributed by atoms with van der Waals surface area (Å²) in [6.07, 6.45) is 0. The molecule has 2 heterocycles. The largest absolute Gasteiger partial charge is 0.481 e. The number of rotatable bonds is 5. The third kappa shape index (κ3) is 2.95. The third-order valence-electron chi connectivity index (χ3n) is 3.38. The van der Waals surface area contributed by atoms with Gasteiger partial charge < -0.3 is 15.0 Å². The number of primary amides is 1. The molecule has 7 heteroatoms. The zero-order valence-electron chi connectivity index (χ0n) is 12.6. The van der Waals surface area contributed by atoms with E-state index in [2.05, 4.69) is 9.97 Å². The fourth-order valence-corrected chi connectivity index (χ4v) is 2.21. The molecule has 0 aliphatic rings. The van der Waals surface area contributed by atoms with Crippen LogP contribution < -0.4 is 10.5 Å². The molecule has 114 valence electrons. The van der Waals surface area contributed by atoms with Crippen molar-refractivity contribution >= 4 is 28.7 Å². The van der Waals surface area contributed by atoms with Gasteiger partial charge in [-0.1, -0.05) is 0 Å². The number of carbonyl (C=O) groups is 1. The van der Waals surface area contributed by atoms with Gasteiger partial charge in [-0.2, -0.15) is 4.98 Å². The van der Waals surface area contributed by atoms with E-state index < -0.39 is 5.41 Å². The maximum atomic E-state index is 11.6. The van der Waals surface area contributed by atoms with E-state index in [4.69, 9.17) is 22.1 Å². The smallest absolute Gasteiger partial charge is 0.224 e. The molecule has 0 saturated carbocycles. The van der Waals surface area contributed by atoms with E-state index in [0.717, 1.165) is 0 Å². The molecule has 21 heavy (non-hydrogen) atoms. The molecule has 2 aromatic heterocycles. The van der Waals surface area contributed by atoms with Gasteiger partial charge in [0.1, 0.15) is 11.3 Å². The molecule has 6 nitrogen and oxygen atoms in total. The number of alkyl halides is 1. The second-order valence-corrected chi connectivity index (χ2v) is 6.27. The molecule has 0 aromatic carbocycles. The number of ether oxygens (including phenoxy) is 1. The molecule has 2 rings (SSSR count). The summed E-state index contributed by atoms with van der Waals surface area (Å²) in [5.41, 5.74) is 6.06. The van der Waals surface area contributed by atoms with Crippen molar-refractivity contribution in [1.29, 1.82) is 0 Å². The maximum absolute atomic E-state index is 11.6. The summed E-state index contributed by atoms with van der Waals surface area (Å²) in [5, 5.41) is -0.311. The molecular weight excluding hydrogens is 292 g/mol. The quantitative estimate of drug-likeness (QED) is 0.859. The van der Waals surface area contributed by atoms with Gasteiger partial charge in [-0.15, -0.1) is 11.6 Å². The van der Waals surface area contributed by atoms with Gasteiger partial charge in [0.05, 0.1) is 17.9 Å². The lowest BCUT2D eigenvalue weighted by molar-refractivity contribution is -0.126. The highest BCUT2D eigenvalue weighted by molar-refractivity contribution is 6.20. The Morgan fingerprint density at radius 2 is 2.14 bits per heavy atom. The first-order chi connectivity index (χ1) is 9.76. The first-order valence-electron chi connectivity index (χ1n) is 6.61. The van der Waals surface area contributed by atoms with Crippen molar-refractivity contribution in [3.63, 3.8) is 0 Å². The molecule has 0 spiro atoms. The number of amides is 1. The lowest BCUT2D eigenvalue weighted by Gasteiger charge is -2.22. The van der Waals surface area contributed by atoms with Crippen LogP contribution >= 0.6 is 11.6 Å². The van der Waals surface area contributed by atoms with Crippen LogP contribution in [0.3, 0.4) is 0 Å². The fourth-order valence-electron chi connectivity index (χ4n) is 2.05. The number of carbonyl (C=O) groups excluding carboxylic acids is 1. The molecule has 1 atom stereocenters. The monoisotopic (exact) mass is 310 g/mol. The number of hydrogen-bond acceptors (Lipinski definition) is 4.